The number of anilines is 1. The SMILES string of the molecule is COc1ccc(N2C[C@H](NC(=O)N3CCN(C(C)=O)CC3)CC2=O)cc1OC. The van der Waals surface area contributed by atoms with Crippen LogP contribution in [-0.2, 0) is 9.59 Å². The van der Waals surface area contributed by atoms with Crippen molar-refractivity contribution in [3.63, 3.8) is 0 Å². The minimum Gasteiger partial charge on any atom is -0.493 e. The van der Waals surface area contributed by atoms with Gasteiger partial charge in [-0.2, -0.15) is 0 Å². The molecule has 1 atom stereocenters. The molecule has 1 aromatic carbocycles. The highest BCUT2D eigenvalue weighted by atomic mass is 16.5. The Kier molecular flexibility index (Phi) is 5.91. The highest BCUT2D eigenvalue weighted by molar-refractivity contribution is 5.97. The summed E-state index contributed by atoms with van der Waals surface area (Å²) in [5, 5.41) is 2.94. The molecule has 2 aliphatic heterocycles. The summed E-state index contributed by atoms with van der Waals surface area (Å²) < 4.78 is 10.5. The van der Waals surface area contributed by atoms with E-state index in [1.807, 2.05) is 0 Å². The lowest BCUT2D eigenvalue weighted by Gasteiger charge is -2.34. The van der Waals surface area contributed by atoms with Crippen molar-refractivity contribution in [2.45, 2.75) is 19.4 Å². The van der Waals surface area contributed by atoms with Gasteiger partial charge in [0, 0.05) is 57.8 Å². The van der Waals surface area contributed by atoms with Crippen molar-refractivity contribution in [1.82, 2.24) is 15.1 Å². The number of amides is 4. The zero-order valence-corrected chi connectivity index (χ0v) is 16.4. The molecule has 2 aliphatic rings. The van der Waals surface area contributed by atoms with Crippen LogP contribution >= 0.6 is 0 Å². The molecule has 2 heterocycles. The van der Waals surface area contributed by atoms with E-state index in [4.69, 9.17) is 9.47 Å². The number of piperazine rings is 1. The van der Waals surface area contributed by atoms with Crippen molar-refractivity contribution in [1.29, 1.82) is 0 Å². The Balaban J connectivity index is 1.59. The maximum atomic E-state index is 12.5. The molecule has 0 saturated carbocycles. The molecule has 0 unspecified atom stereocenters. The average Bonchev–Trinajstić information content (AvgIpc) is 3.07. The molecule has 152 valence electrons. The van der Waals surface area contributed by atoms with Crippen LogP contribution in [0.4, 0.5) is 10.5 Å². The van der Waals surface area contributed by atoms with E-state index in [1.165, 1.54) is 6.92 Å². The van der Waals surface area contributed by atoms with Gasteiger partial charge in [-0.05, 0) is 12.1 Å². The maximum Gasteiger partial charge on any atom is 0.317 e. The van der Waals surface area contributed by atoms with Gasteiger partial charge < -0.3 is 29.5 Å². The number of carbonyl (C=O) groups is 3. The molecule has 0 spiro atoms. The Morgan fingerprint density at radius 2 is 1.68 bits per heavy atom. The lowest BCUT2D eigenvalue weighted by Crippen LogP contribution is -2.54. The zero-order chi connectivity index (χ0) is 20.3. The van der Waals surface area contributed by atoms with Gasteiger partial charge in [-0.15, -0.1) is 0 Å². The molecule has 0 bridgehead atoms. The Morgan fingerprint density at radius 3 is 2.29 bits per heavy atom. The first kappa shape index (κ1) is 19.8. The normalized spacial score (nSPS) is 19.6. The fraction of sp³-hybridized carbons (Fsp3) is 0.526. The van der Waals surface area contributed by atoms with Crippen LogP contribution < -0.4 is 19.7 Å². The summed E-state index contributed by atoms with van der Waals surface area (Å²) in [6.07, 6.45) is 0.244. The number of nitrogens with zero attached hydrogens (tertiary/aromatic N) is 3. The summed E-state index contributed by atoms with van der Waals surface area (Å²) in [7, 11) is 3.10. The molecule has 1 N–H and O–H groups in total. The number of ether oxygens (including phenoxy) is 2. The summed E-state index contributed by atoms with van der Waals surface area (Å²) in [5.41, 5.74) is 0.703. The third-order valence-electron chi connectivity index (χ3n) is 5.14. The number of urea groups is 1. The van der Waals surface area contributed by atoms with Gasteiger partial charge in [0.2, 0.25) is 11.8 Å². The van der Waals surface area contributed by atoms with Gasteiger partial charge in [0.1, 0.15) is 0 Å². The van der Waals surface area contributed by atoms with Crippen molar-refractivity contribution in [3.8, 4) is 11.5 Å². The largest absolute Gasteiger partial charge is 0.493 e. The molecular formula is C19H26N4O5. The summed E-state index contributed by atoms with van der Waals surface area (Å²) in [6.45, 7) is 3.97. The van der Waals surface area contributed by atoms with Crippen molar-refractivity contribution < 1.29 is 23.9 Å². The minimum atomic E-state index is -0.265. The Bertz CT molecular complexity index is 761. The summed E-state index contributed by atoms with van der Waals surface area (Å²) in [5.74, 6) is 1.10. The van der Waals surface area contributed by atoms with E-state index in [2.05, 4.69) is 5.32 Å². The number of carbonyl (C=O) groups excluding carboxylic acids is 3. The second-order valence-electron chi connectivity index (χ2n) is 6.89. The predicted molar refractivity (Wildman–Crippen MR) is 103 cm³/mol. The monoisotopic (exact) mass is 390 g/mol. The molecule has 9 nitrogen and oxygen atoms in total. The quantitative estimate of drug-likeness (QED) is 0.817. The third-order valence-corrected chi connectivity index (χ3v) is 5.14. The van der Waals surface area contributed by atoms with Crippen molar-refractivity contribution in [2.75, 3.05) is 51.8 Å². The molecule has 2 saturated heterocycles. The van der Waals surface area contributed by atoms with Gasteiger partial charge >= 0.3 is 6.03 Å². The van der Waals surface area contributed by atoms with E-state index in [-0.39, 0.29) is 30.3 Å². The summed E-state index contributed by atoms with van der Waals surface area (Å²) >= 11 is 0. The minimum absolute atomic E-state index is 0.0204. The Hall–Kier alpha value is -2.97. The molecule has 3 rings (SSSR count). The van der Waals surface area contributed by atoms with E-state index < -0.39 is 0 Å². The van der Waals surface area contributed by atoms with Crippen LogP contribution in [0.25, 0.3) is 0 Å². The predicted octanol–water partition coefficient (Wildman–Crippen LogP) is 0.683. The number of hydrogen-bond acceptors (Lipinski definition) is 5. The van der Waals surface area contributed by atoms with Gasteiger partial charge in [0.15, 0.2) is 11.5 Å². The number of rotatable bonds is 4. The van der Waals surface area contributed by atoms with Crippen molar-refractivity contribution in [3.05, 3.63) is 18.2 Å². The standard InChI is InChI=1S/C19H26N4O5/c1-13(24)21-6-8-22(9-7-21)19(26)20-14-10-18(25)23(12-14)15-4-5-16(27-2)17(11-15)28-3/h4-5,11,14H,6-10,12H2,1-3H3,(H,20,26)/t14-/m1/s1. The average molecular weight is 390 g/mol. The zero-order valence-electron chi connectivity index (χ0n) is 16.4. The smallest absolute Gasteiger partial charge is 0.317 e. The van der Waals surface area contributed by atoms with Crippen LogP contribution in [0.15, 0.2) is 18.2 Å². The maximum absolute atomic E-state index is 12.5. The highest BCUT2D eigenvalue weighted by Crippen LogP contribution is 2.33. The number of nitrogens with one attached hydrogen (secondary N) is 1. The molecule has 0 aliphatic carbocycles. The molecular weight excluding hydrogens is 364 g/mol. The number of benzene rings is 1. The van der Waals surface area contributed by atoms with E-state index in [0.29, 0.717) is 49.9 Å². The Labute approximate surface area is 164 Å². The number of hydrogen-bond donors (Lipinski definition) is 1. The molecule has 0 aromatic heterocycles. The van der Waals surface area contributed by atoms with Gasteiger partial charge in [-0.25, -0.2) is 4.79 Å². The Morgan fingerprint density at radius 1 is 1.04 bits per heavy atom. The second kappa shape index (κ2) is 8.37. The summed E-state index contributed by atoms with van der Waals surface area (Å²) in [6, 6.07) is 4.84. The van der Waals surface area contributed by atoms with Crippen molar-refractivity contribution in [2.24, 2.45) is 0 Å². The van der Waals surface area contributed by atoms with Gasteiger partial charge in [0.05, 0.1) is 20.3 Å². The summed E-state index contributed by atoms with van der Waals surface area (Å²) in [4.78, 5) is 41.4. The lowest BCUT2D eigenvalue weighted by atomic mass is 10.2. The van der Waals surface area contributed by atoms with Crippen molar-refractivity contribution >= 4 is 23.5 Å². The van der Waals surface area contributed by atoms with Crippen LogP contribution in [-0.4, -0.2) is 80.6 Å². The first-order valence-corrected chi connectivity index (χ1v) is 9.26. The second-order valence-corrected chi connectivity index (χ2v) is 6.89. The molecule has 9 heteroatoms. The van der Waals surface area contributed by atoms with Gasteiger partial charge in [-0.3, -0.25) is 9.59 Å². The lowest BCUT2D eigenvalue weighted by molar-refractivity contribution is -0.130. The third kappa shape index (κ3) is 4.13. The molecule has 0 radical (unpaired) electrons. The van der Waals surface area contributed by atoms with Crippen LogP contribution in [0.5, 0.6) is 11.5 Å². The van der Waals surface area contributed by atoms with Gasteiger partial charge in [-0.1, -0.05) is 0 Å². The van der Waals surface area contributed by atoms with E-state index in [1.54, 1.807) is 47.1 Å². The van der Waals surface area contributed by atoms with Gasteiger partial charge in [0.25, 0.3) is 0 Å². The topological polar surface area (TPSA) is 91.4 Å². The molecule has 4 amide bonds. The van der Waals surface area contributed by atoms with Crippen LogP contribution in [0.1, 0.15) is 13.3 Å². The fourth-order valence-electron chi connectivity index (χ4n) is 3.54. The fourth-order valence-corrected chi connectivity index (χ4v) is 3.54. The molecule has 2 fully saturated rings. The molecule has 28 heavy (non-hydrogen) atoms. The first-order chi connectivity index (χ1) is 13.4. The number of methoxy groups -OCH3 is 2. The van der Waals surface area contributed by atoms with E-state index in [9.17, 15) is 14.4 Å². The highest BCUT2D eigenvalue weighted by Gasteiger charge is 2.33. The van der Waals surface area contributed by atoms with E-state index in [0.717, 1.165) is 0 Å². The van der Waals surface area contributed by atoms with Crippen LogP contribution in [0.3, 0.4) is 0 Å². The van der Waals surface area contributed by atoms with Crippen LogP contribution in [0.2, 0.25) is 0 Å². The molecule has 1 aromatic rings. The van der Waals surface area contributed by atoms with Crippen LogP contribution in [0, 0.1) is 0 Å². The van der Waals surface area contributed by atoms with E-state index >= 15 is 0 Å². The first-order valence-electron chi connectivity index (χ1n) is 9.26.